The highest BCUT2D eigenvalue weighted by Gasteiger charge is 2.40. The van der Waals surface area contributed by atoms with Crippen LogP contribution in [0.1, 0.15) is 18.5 Å². The molecule has 0 bridgehead atoms. The number of nitrogens with one attached hydrogen (secondary N) is 1. The van der Waals surface area contributed by atoms with Crippen molar-refractivity contribution in [2.75, 3.05) is 4.90 Å². The summed E-state index contributed by atoms with van der Waals surface area (Å²) in [5.74, 6) is -1.18. The average molecular weight is 396 g/mol. The van der Waals surface area contributed by atoms with E-state index in [-0.39, 0.29) is 27.5 Å². The van der Waals surface area contributed by atoms with Gasteiger partial charge < -0.3 is 5.32 Å². The Morgan fingerprint density at radius 2 is 1.64 bits per heavy atom. The van der Waals surface area contributed by atoms with Gasteiger partial charge in [-0.3, -0.25) is 9.59 Å². The third-order valence-electron chi connectivity index (χ3n) is 3.84. The minimum absolute atomic E-state index is 0.0500. The van der Waals surface area contributed by atoms with Crippen molar-refractivity contribution in [2.45, 2.75) is 13.0 Å². The number of hydrogen-bond donors (Lipinski definition) is 1. The number of halogens is 3. The number of amides is 2. The van der Waals surface area contributed by atoms with Gasteiger partial charge in [0.05, 0.1) is 10.7 Å². The van der Waals surface area contributed by atoms with Crippen molar-refractivity contribution in [1.29, 1.82) is 0 Å². The van der Waals surface area contributed by atoms with Crippen molar-refractivity contribution in [3.63, 3.8) is 0 Å². The highest BCUT2D eigenvalue weighted by molar-refractivity contribution is 6.53. The summed E-state index contributed by atoms with van der Waals surface area (Å²) in [6.45, 7) is 1.88. The number of hydrogen-bond acceptors (Lipinski definition) is 3. The van der Waals surface area contributed by atoms with Crippen molar-refractivity contribution < 1.29 is 9.59 Å². The summed E-state index contributed by atoms with van der Waals surface area (Å²) >= 11 is 18.1. The summed E-state index contributed by atoms with van der Waals surface area (Å²) in [5, 5.41) is 3.45. The van der Waals surface area contributed by atoms with Gasteiger partial charge in [-0.05, 0) is 30.7 Å². The van der Waals surface area contributed by atoms with E-state index in [9.17, 15) is 9.59 Å². The maximum Gasteiger partial charge on any atom is 0.283 e. The predicted molar refractivity (Wildman–Crippen MR) is 99.8 cm³/mol. The zero-order chi connectivity index (χ0) is 18.1. The van der Waals surface area contributed by atoms with Gasteiger partial charge in [0.15, 0.2) is 0 Å². The van der Waals surface area contributed by atoms with Crippen LogP contribution in [0.25, 0.3) is 0 Å². The van der Waals surface area contributed by atoms with E-state index in [0.717, 1.165) is 10.5 Å². The Bertz CT molecular complexity index is 881. The van der Waals surface area contributed by atoms with E-state index in [1.54, 1.807) is 6.07 Å². The Morgan fingerprint density at radius 3 is 2.28 bits per heavy atom. The number of nitrogens with zero attached hydrogens (tertiary/aromatic N) is 1. The molecule has 128 valence electrons. The smallest absolute Gasteiger partial charge is 0.283 e. The Morgan fingerprint density at radius 1 is 0.960 bits per heavy atom. The number of carbonyl (C=O) groups excluding carboxylic acids is 2. The molecule has 0 saturated carbocycles. The molecule has 25 heavy (non-hydrogen) atoms. The van der Waals surface area contributed by atoms with Crippen molar-refractivity contribution in [3.8, 4) is 0 Å². The molecule has 1 aliphatic rings. The highest BCUT2D eigenvalue weighted by atomic mass is 35.5. The lowest BCUT2D eigenvalue weighted by Gasteiger charge is -2.19. The molecule has 0 saturated heterocycles. The van der Waals surface area contributed by atoms with Gasteiger partial charge in [-0.25, -0.2) is 4.90 Å². The summed E-state index contributed by atoms with van der Waals surface area (Å²) in [6, 6.07) is 13.8. The van der Waals surface area contributed by atoms with E-state index < -0.39 is 11.8 Å². The quantitative estimate of drug-likeness (QED) is 0.766. The van der Waals surface area contributed by atoms with E-state index in [4.69, 9.17) is 34.8 Å². The fraction of sp³-hybridized carbons (Fsp3) is 0.111. The lowest BCUT2D eigenvalue weighted by molar-refractivity contribution is -0.120. The van der Waals surface area contributed by atoms with Gasteiger partial charge in [-0.1, -0.05) is 65.1 Å². The van der Waals surface area contributed by atoms with E-state index in [0.29, 0.717) is 5.02 Å². The standard InChI is InChI=1S/C18H13Cl3N2O2/c1-10(11-5-3-2-4-6-11)22-16-15(21)17(24)23(18(16)25)14-8-7-12(19)9-13(14)20/h2-10,22H,1H3. The molecule has 1 N–H and O–H groups in total. The molecule has 1 aliphatic heterocycles. The number of imide groups is 1. The van der Waals surface area contributed by atoms with Crippen LogP contribution < -0.4 is 10.2 Å². The van der Waals surface area contributed by atoms with Gasteiger partial charge in [0.25, 0.3) is 11.8 Å². The SMILES string of the molecule is CC(NC1=C(Cl)C(=O)N(c2ccc(Cl)cc2Cl)C1=O)c1ccccc1. The second kappa shape index (κ2) is 7.08. The number of benzene rings is 2. The monoisotopic (exact) mass is 394 g/mol. The highest BCUT2D eigenvalue weighted by Crippen LogP contribution is 2.35. The van der Waals surface area contributed by atoms with Crippen LogP contribution in [0.15, 0.2) is 59.3 Å². The number of carbonyl (C=O) groups is 2. The van der Waals surface area contributed by atoms with Gasteiger partial charge in [0, 0.05) is 11.1 Å². The molecule has 2 aromatic rings. The second-order valence-corrected chi connectivity index (χ2v) is 6.73. The topological polar surface area (TPSA) is 49.4 Å². The third-order valence-corrected chi connectivity index (χ3v) is 4.73. The second-order valence-electron chi connectivity index (χ2n) is 5.51. The molecule has 0 radical (unpaired) electrons. The van der Waals surface area contributed by atoms with Crippen molar-refractivity contribution in [3.05, 3.63) is 74.9 Å². The van der Waals surface area contributed by atoms with E-state index in [2.05, 4.69) is 5.32 Å². The van der Waals surface area contributed by atoms with Crippen molar-refractivity contribution in [1.82, 2.24) is 5.32 Å². The largest absolute Gasteiger partial charge is 0.373 e. The van der Waals surface area contributed by atoms with Crippen LogP contribution >= 0.6 is 34.8 Å². The van der Waals surface area contributed by atoms with Gasteiger partial charge in [0.2, 0.25) is 0 Å². The summed E-state index contributed by atoms with van der Waals surface area (Å²) < 4.78 is 0. The molecule has 2 amide bonds. The number of rotatable bonds is 4. The predicted octanol–water partition coefficient (Wildman–Crippen LogP) is 4.67. The minimum atomic E-state index is -0.626. The molecule has 0 aromatic heterocycles. The van der Waals surface area contributed by atoms with Crippen LogP contribution in [0.4, 0.5) is 5.69 Å². The molecule has 1 atom stereocenters. The van der Waals surface area contributed by atoms with Gasteiger partial charge in [0.1, 0.15) is 10.7 Å². The molecular weight excluding hydrogens is 383 g/mol. The molecule has 0 spiro atoms. The first kappa shape index (κ1) is 17.8. The molecule has 3 rings (SSSR count). The van der Waals surface area contributed by atoms with Gasteiger partial charge >= 0.3 is 0 Å². The Kier molecular flexibility index (Phi) is 5.04. The Balaban J connectivity index is 1.89. The Hall–Kier alpha value is -2.01. The van der Waals surface area contributed by atoms with E-state index in [1.165, 1.54) is 12.1 Å². The average Bonchev–Trinajstić information content (AvgIpc) is 2.80. The molecule has 1 unspecified atom stereocenters. The molecular formula is C18H13Cl3N2O2. The lowest BCUT2D eigenvalue weighted by Crippen LogP contribution is -2.34. The first-order chi connectivity index (χ1) is 11.9. The number of anilines is 1. The zero-order valence-corrected chi connectivity index (χ0v) is 15.4. The van der Waals surface area contributed by atoms with Crippen molar-refractivity contribution >= 4 is 52.3 Å². The summed E-state index contributed by atoms with van der Waals surface area (Å²) in [7, 11) is 0. The van der Waals surface area contributed by atoms with Gasteiger partial charge in [-0.15, -0.1) is 0 Å². The lowest BCUT2D eigenvalue weighted by atomic mass is 10.1. The fourth-order valence-electron chi connectivity index (χ4n) is 2.55. The van der Waals surface area contributed by atoms with Gasteiger partial charge in [-0.2, -0.15) is 0 Å². The Labute approximate surface area is 160 Å². The molecule has 0 fully saturated rings. The molecule has 1 heterocycles. The van der Waals surface area contributed by atoms with Crippen LogP contribution in [-0.2, 0) is 9.59 Å². The summed E-state index contributed by atoms with van der Waals surface area (Å²) in [5.41, 5.74) is 1.25. The summed E-state index contributed by atoms with van der Waals surface area (Å²) in [6.07, 6.45) is 0. The molecule has 4 nitrogen and oxygen atoms in total. The minimum Gasteiger partial charge on any atom is -0.373 e. The summed E-state index contributed by atoms with van der Waals surface area (Å²) in [4.78, 5) is 26.2. The molecule has 7 heteroatoms. The van der Waals surface area contributed by atoms with E-state index >= 15 is 0 Å². The van der Waals surface area contributed by atoms with Crippen LogP contribution in [0.2, 0.25) is 10.0 Å². The maximum absolute atomic E-state index is 12.7. The van der Waals surface area contributed by atoms with E-state index in [1.807, 2.05) is 37.3 Å². The molecule has 2 aromatic carbocycles. The normalized spacial score (nSPS) is 15.8. The van der Waals surface area contributed by atoms with Crippen LogP contribution in [0, 0.1) is 0 Å². The van der Waals surface area contributed by atoms with Crippen molar-refractivity contribution in [2.24, 2.45) is 0 Å². The first-order valence-electron chi connectivity index (χ1n) is 7.45. The van der Waals surface area contributed by atoms with Crippen LogP contribution in [0.5, 0.6) is 0 Å². The molecule has 0 aliphatic carbocycles. The first-order valence-corrected chi connectivity index (χ1v) is 8.58. The maximum atomic E-state index is 12.7. The third kappa shape index (κ3) is 3.38. The van der Waals surface area contributed by atoms with Crippen LogP contribution in [-0.4, -0.2) is 11.8 Å². The zero-order valence-electron chi connectivity index (χ0n) is 13.1. The van der Waals surface area contributed by atoms with Crippen LogP contribution in [0.3, 0.4) is 0 Å². The fourth-order valence-corrected chi connectivity index (χ4v) is 3.26.